The molecule has 0 fully saturated rings. The van der Waals surface area contributed by atoms with Crippen molar-refractivity contribution in [3.05, 3.63) is 106 Å². The van der Waals surface area contributed by atoms with Crippen molar-refractivity contribution < 1.29 is 14.3 Å². The molecule has 0 aliphatic heterocycles. The standard InChI is InChI=1S/C28H23BrO3/c1-18-12-13-19(31-2)16-25(18)21-8-4-6-10-23(21)28(30)24-11-7-5-9-22(24)26-17-20(32-3)14-15-27(26)29/h4-17H,1-3H3. The Bertz CT molecular complexity index is 1190. The minimum atomic E-state index is -0.0341. The number of hydrogen-bond acceptors (Lipinski definition) is 3. The Morgan fingerprint density at radius 1 is 0.656 bits per heavy atom. The molecule has 0 unspecified atom stereocenters. The molecule has 0 saturated carbocycles. The molecule has 0 aliphatic rings. The highest BCUT2D eigenvalue weighted by Crippen LogP contribution is 2.36. The molecule has 0 N–H and O–H groups in total. The normalized spacial score (nSPS) is 10.6. The average molecular weight is 487 g/mol. The Balaban J connectivity index is 1.87. The summed E-state index contributed by atoms with van der Waals surface area (Å²) in [7, 11) is 3.28. The molecule has 4 heteroatoms. The van der Waals surface area contributed by atoms with Crippen LogP contribution in [0.15, 0.2) is 89.4 Å². The summed E-state index contributed by atoms with van der Waals surface area (Å²) < 4.78 is 11.7. The average Bonchev–Trinajstić information content (AvgIpc) is 2.84. The summed E-state index contributed by atoms with van der Waals surface area (Å²) in [6.07, 6.45) is 0. The van der Waals surface area contributed by atoms with Crippen LogP contribution in [0.1, 0.15) is 21.5 Å². The molecular weight excluding hydrogens is 464 g/mol. The molecule has 160 valence electrons. The molecule has 0 amide bonds. The molecule has 0 heterocycles. The van der Waals surface area contributed by atoms with Crippen LogP contribution in [-0.2, 0) is 0 Å². The van der Waals surface area contributed by atoms with E-state index in [2.05, 4.69) is 15.9 Å². The number of halogens is 1. The highest BCUT2D eigenvalue weighted by Gasteiger charge is 2.20. The van der Waals surface area contributed by atoms with Crippen molar-refractivity contribution in [3.8, 4) is 33.8 Å². The van der Waals surface area contributed by atoms with Gasteiger partial charge in [-0.2, -0.15) is 0 Å². The van der Waals surface area contributed by atoms with Crippen LogP contribution in [0, 0.1) is 6.92 Å². The van der Waals surface area contributed by atoms with Crippen molar-refractivity contribution >= 4 is 21.7 Å². The number of carbonyl (C=O) groups is 1. The van der Waals surface area contributed by atoms with E-state index >= 15 is 0 Å². The highest BCUT2D eigenvalue weighted by molar-refractivity contribution is 9.10. The minimum Gasteiger partial charge on any atom is -0.497 e. The highest BCUT2D eigenvalue weighted by atomic mass is 79.9. The Hall–Kier alpha value is -3.37. The first-order valence-corrected chi connectivity index (χ1v) is 11.0. The summed E-state index contributed by atoms with van der Waals surface area (Å²) in [5, 5.41) is 0. The number of rotatable bonds is 6. The first kappa shape index (κ1) is 21.8. The third-order valence-corrected chi connectivity index (χ3v) is 6.23. The maximum atomic E-state index is 13.9. The van der Waals surface area contributed by atoms with Crippen LogP contribution in [0.25, 0.3) is 22.3 Å². The molecule has 4 aromatic carbocycles. The molecule has 0 bridgehead atoms. The van der Waals surface area contributed by atoms with Gasteiger partial charge in [-0.15, -0.1) is 0 Å². The third-order valence-electron chi connectivity index (χ3n) is 5.54. The summed E-state index contributed by atoms with van der Waals surface area (Å²) in [6, 6.07) is 27.1. The van der Waals surface area contributed by atoms with Crippen LogP contribution < -0.4 is 9.47 Å². The van der Waals surface area contributed by atoms with Crippen molar-refractivity contribution in [3.63, 3.8) is 0 Å². The third kappa shape index (κ3) is 4.19. The summed E-state index contributed by atoms with van der Waals surface area (Å²) in [5.74, 6) is 1.46. The van der Waals surface area contributed by atoms with Crippen LogP contribution in [0.5, 0.6) is 11.5 Å². The Morgan fingerprint density at radius 3 is 1.75 bits per heavy atom. The first-order valence-electron chi connectivity index (χ1n) is 10.2. The molecule has 4 rings (SSSR count). The number of ketones is 1. The molecule has 0 spiro atoms. The Morgan fingerprint density at radius 2 is 1.16 bits per heavy atom. The monoisotopic (exact) mass is 486 g/mol. The molecule has 0 radical (unpaired) electrons. The van der Waals surface area contributed by atoms with Gasteiger partial charge in [-0.1, -0.05) is 70.5 Å². The number of ether oxygens (including phenoxy) is 2. The Kier molecular flexibility index (Phi) is 6.42. The molecule has 32 heavy (non-hydrogen) atoms. The second-order valence-electron chi connectivity index (χ2n) is 7.45. The van der Waals surface area contributed by atoms with E-state index in [1.165, 1.54) is 0 Å². The van der Waals surface area contributed by atoms with E-state index in [0.717, 1.165) is 43.8 Å². The van der Waals surface area contributed by atoms with Crippen molar-refractivity contribution in [1.29, 1.82) is 0 Å². The van der Waals surface area contributed by atoms with E-state index in [4.69, 9.17) is 9.47 Å². The van der Waals surface area contributed by atoms with Crippen LogP contribution in [-0.4, -0.2) is 20.0 Å². The largest absolute Gasteiger partial charge is 0.497 e. The van der Waals surface area contributed by atoms with Gasteiger partial charge in [0, 0.05) is 21.2 Å². The van der Waals surface area contributed by atoms with E-state index in [1.54, 1.807) is 14.2 Å². The van der Waals surface area contributed by atoms with Crippen molar-refractivity contribution in [2.45, 2.75) is 6.92 Å². The maximum absolute atomic E-state index is 13.9. The van der Waals surface area contributed by atoms with Gasteiger partial charge in [0.05, 0.1) is 14.2 Å². The number of hydrogen-bond donors (Lipinski definition) is 0. The number of aryl methyl sites for hydroxylation is 1. The minimum absolute atomic E-state index is 0.0341. The van der Waals surface area contributed by atoms with Gasteiger partial charge in [-0.05, 0) is 59.5 Å². The fourth-order valence-corrected chi connectivity index (χ4v) is 4.29. The van der Waals surface area contributed by atoms with Crippen molar-refractivity contribution in [2.75, 3.05) is 14.2 Å². The maximum Gasteiger partial charge on any atom is 0.194 e. The first-order chi connectivity index (χ1) is 15.5. The molecular formula is C28H23BrO3. The van der Waals surface area contributed by atoms with Crippen molar-refractivity contribution in [1.82, 2.24) is 0 Å². The summed E-state index contributed by atoms with van der Waals surface area (Å²) in [5.41, 5.74) is 5.98. The zero-order valence-corrected chi connectivity index (χ0v) is 19.8. The summed E-state index contributed by atoms with van der Waals surface area (Å²) in [4.78, 5) is 13.9. The van der Waals surface area contributed by atoms with Gasteiger partial charge in [-0.25, -0.2) is 0 Å². The smallest absolute Gasteiger partial charge is 0.194 e. The quantitative estimate of drug-likeness (QED) is 0.267. The predicted molar refractivity (Wildman–Crippen MR) is 133 cm³/mol. The summed E-state index contributed by atoms with van der Waals surface area (Å²) in [6.45, 7) is 2.04. The van der Waals surface area contributed by atoms with Gasteiger partial charge in [0.25, 0.3) is 0 Å². The van der Waals surface area contributed by atoms with Gasteiger partial charge in [0.1, 0.15) is 11.5 Å². The predicted octanol–water partition coefficient (Wildman–Crippen LogP) is 7.34. The van der Waals surface area contributed by atoms with Crippen LogP contribution in [0.4, 0.5) is 0 Å². The fourth-order valence-electron chi connectivity index (χ4n) is 3.83. The van der Waals surface area contributed by atoms with Gasteiger partial charge >= 0.3 is 0 Å². The molecule has 4 aromatic rings. The van der Waals surface area contributed by atoms with E-state index < -0.39 is 0 Å². The van der Waals surface area contributed by atoms with Crippen LogP contribution in [0.3, 0.4) is 0 Å². The fraction of sp³-hybridized carbons (Fsp3) is 0.107. The summed E-state index contributed by atoms with van der Waals surface area (Å²) >= 11 is 3.63. The van der Waals surface area contributed by atoms with E-state index in [-0.39, 0.29) is 5.78 Å². The van der Waals surface area contributed by atoms with Gasteiger partial charge in [-0.3, -0.25) is 4.79 Å². The second kappa shape index (κ2) is 9.41. The van der Waals surface area contributed by atoms with E-state index in [0.29, 0.717) is 11.1 Å². The number of benzene rings is 4. The lowest BCUT2D eigenvalue weighted by Crippen LogP contribution is -2.06. The second-order valence-corrected chi connectivity index (χ2v) is 8.30. The molecule has 0 saturated heterocycles. The molecule has 0 aromatic heterocycles. The Labute approximate surface area is 196 Å². The van der Waals surface area contributed by atoms with Gasteiger partial charge < -0.3 is 9.47 Å². The number of methoxy groups -OCH3 is 2. The molecule has 0 aliphatic carbocycles. The molecule has 0 atom stereocenters. The lowest BCUT2D eigenvalue weighted by atomic mass is 9.89. The lowest BCUT2D eigenvalue weighted by molar-refractivity contribution is 0.104. The lowest BCUT2D eigenvalue weighted by Gasteiger charge is -2.15. The van der Waals surface area contributed by atoms with Crippen LogP contribution in [0.2, 0.25) is 0 Å². The topological polar surface area (TPSA) is 35.5 Å². The van der Waals surface area contributed by atoms with Crippen molar-refractivity contribution in [2.24, 2.45) is 0 Å². The van der Waals surface area contributed by atoms with Crippen LogP contribution >= 0.6 is 15.9 Å². The SMILES string of the molecule is COc1ccc(C)c(-c2ccccc2C(=O)c2ccccc2-c2cc(OC)ccc2Br)c1. The zero-order chi connectivity index (χ0) is 22.7. The molecule has 3 nitrogen and oxygen atoms in total. The zero-order valence-electron chi connectivity index (χ0n) is 18.2. The number of carbonyl (C=O) groups excluding carboxylic acids is 1. The van der Waals surface area contributed by atoms with E-state index in [9.17, 15) is 4.79 Å². The van der Waals surface area contributed by atoms with Gasteiger partial charge in [0.2, 0.25) is 0 Å². The van der Waals surface area contributed by atoms with E-state index in [1.807, 2.05) is 91.9 Å². The van der Waals surface area contributed by atoms with Gasteiger partial charge in [0.15, 0.2) is 5.78 Å².